The number of aromatic nitrogens is 1. The molecule has 0 aliphatic heterocycles. The molecule has 82 valence electrons. The Kier molecular flexibility index (Phi) is 2.94. The first-order valence-corrected chi connectivity index (χ1v) is 6.84. The van der Waals surface area contributed by atoms with Gasteiger partial charge in [0.1, 0.15) is 0 Å². The van der Waals surface area contributed by atoms with Crippen molar-refractivity contribution in [3.8, 4) is 11.1 Å². The molecule has 0 aliphatic rings. The summed E-state index contributed by atoms with van der Waals surface area (Å²) in [5.74, 6) is 0. The Bertz CT molecular complexity index is 596. The van der Waals surface area contributed by atoms with Gasteiger partial charge in [-0.15, -0.1) is 0 Å². The maximum absolute atomic E-state index is 11.4. The number of hydrogen-bond acceptors (Lipinski definition) is 3. The van der Waals surface area contributed by atoms with Crippen LogP contribution in [0.1, 0.15) is 0 Å². The maximum atomic E-state index is 11.4. The van der Waals surface area contributed by atoms with E-state index in [1.54, 1.807) is 42.7 Å². The molecule has 0 atom stereocenters. The molecule has 0 bridgehead atoms. The van der Waals surface area contributed by atoms with E-state index in [1.165, 1.54) is 6.07 Å². The molecule has 2 rings (SSSR count). The summed E-state index contributed by atoms with van der Waals surface area (Å²) >= 11 is 0. The molecule has 0 saturated heterocycles. The lowest BCUT2D eigenvalue weighted by molar-refractivity contribution is 0.610. The topological polar surface area (TPSA) is 47.0 Å². The lowest BCUT2D eigenvalue weighted by Crippen LogP contribution is -1.94. The highest BCUT2D eigenvalue weighted by atomic mass is 35.7. The van der Waals surface area contributed by atoms with Crippen molar-refractivity contribution in [2.45, 2.75) is 4.90 Å². The van der Waals surface area contributed by atoms with E-state index in [0.717, 1.165) is 5.56 Å². The van der Waals surface area contributed by atoms with E-state index in [4.69, 9.17) is 10.7 Å². The van der Waals surface area contributed by atoms with Crippen molar-refractivity contribution in [3.05, 3.63) is 48.8 Å². The maximum Gasteiger partial charge on any atom is 0.261 e. The number of halogens is 1. The lowest BCUT2D eigenvalue weighted by Gasteiger charge is -2.05. The number of pyridine rings is 1. The van der Waals surface area contributed by atoms with Crippen molar-refractivity contribution >= 4 is 19.7 Å². The normalized spacial score (nSPS) is 11.3. The molecule has 0 saturated carbocycles. The predicted octanol–water partition coefficient (Wildman–Crippen LogP) is 2.68. The average Bonchev–Trinajstić information content (AvgIpc) is 2.29. The van der Waals surface area contributed by atoms with Crippen LogP contribution < -0.4 is 0 Å². The van der Waals surface area contributed by atoms with Crippen molar-refractivity contribution in [2.24, 2.45) is 0 Å². The zero-order chi connectivity index (χ0) is 11.6. The van der Waals surface area contributed by atoms with Crippen molar-refractivity contribution < 1.29 is 8.42 Å². The van der Waals surface area contributed by atoms with E-state index in [2.05, 4.69) is 4.98 Å². The van der Waals surface area contributed by atoms with E-state index < -0.39 is 9.05 Å². The van der Waals surface area contributed by atoms with Gasteiger partial charge in [-0.25, -0.2) is 8.42 Å². The molecular formula is C11H8ClNO2S. The Morgan fingerprint density at radius 3 is 2.44 bits per heavy atom. The zero-order valence-corrected chi connectivity index (χ0v) is 9.74. The first-order valence-electron chi connectivity index (χ1n) is 4.53. The molecule has 0 amide bonds. The van der Waals surface area contributed by atoms with Crippen LogP contribution >= 0.6 is 10.7 Å². The third-order valence-electron chi connectivity index (χ3n) is 2.12. The molecule has 0 fully saturated rings. The first-order chi connectivity index (χ1) is 7.59. The van der Waals surface area contributed by atoms with Crippen LogP contribution in [0.5, 0.6) is 0 Å². The van der Waals surface area contributed by atoms with Gasteiger partial charge >= 0.3 is 0 Å². The second kappa shape index (κ2) is 4.23. The van der Waals surface area contributed by atoms with Gasteiger partial charge < -0.3 is 0 Å². The van der Waals surface area contributed by atoms with Crippen LogP contribution in [-0.4, -0.2) is 13.4 Å². The van der Waals surface area contributed by atoms with E-state index in [9.17, 15) is 8.42 Å². The summed E-state index contributed by atoms with van der Waals surface area (Å²) < 4.78 is 22.7. The zero-order valence-electron chi connectivity index (χ0n) is 8.17. The molecule has 16 heavy (non-hydrogen) atoms. The summed E-state index contributed by atoms with van der Waals surface area (Å²) in [4.78, 5) is 4.05. The number of nitrogens with zero attached hydrogens (tertiary/aromatic N) is 1. The fraction of sp³-hybridized carbons (Fsp3) is 0. The Hall–Kier alpha value is -1.39. The first kappa shape index (κ1) is 11.1. The van der Waals surface area contributed by atoms with E-state index >= 15 is 0 Å². The summed E-state index contributed by atoms with van der Waals surface area (Å²) in [5.41, 5.74) is 1.29. The third kappa shape index (κ3) is 2.23. The second-order valence-electron chi connectivity index (χ2n) is 3.18. The van der Waals surface area contributed by atoms with Crippen molar-refractivity contribution in [1.82, 2.24) is 4.98 Å². The van der Waals surface area contributed by atoms with Gasteiger partial charge in [0, 0.05) is 34.2 Å². The summed E-state index contributed by atoms with van der Waals surface area (Å²) in [7, 11) is 1.63. The molecule has 1 aromatic heterocycles. The van der Waals surface area contributed by atoms with Crippen LogP contribution in [0.4, 0.5) is 0 Å². The quantitative estimate of drug-likeness (QED) is 0.773. The summed E-state index contributed by atoms with van der Waals surface area (Å²) in [6.45, 7) is 0. The molecule has 3 nitrogen and oxygen atoms in total. The van der Waals surface area contributed by atoms with Crippen LogP contribution in [0.25, 0.3) is 11.1 Å². The second-order valence-corrected chi connectivity index (χ2v) is 5.71. The van der Waals surface area contributed by atoms with Crippen molar-refractivity contribution in [1.29, 1.82) is 0 Å². The van der Waals surface area contributed by atoms with Crippen LogP contribution in [-0.2, 0) is 9.05 Å². The Morgan fingerprint density at radius 2 is 1.81 bits per heavy atom. The van der Waals surface area contributed by atoms with Crippen LogP contribution in [0.3, 0.4) is 0 Å². The SMILES string of the molecule is O=S(=O)(Cl)c1ccccc1-c1cccnc1. The number of hydrogen-bond donors (Lipinski definition) is 0. The molecule has 0 spiro atoms. The lowest BCUT2D eigenvalue weighted by atomic mass is 10.1. The molecule has 5 heteroatoms. The Balaban J connectivity index is 2.68. The van der Waals surface area contributed by atoms with Crippen LogP contribution in [0, 0.1) is 0 Å². The molecule has 2 aromatic rings. The van der Waals surface area contributed by atoms with Gasteiger partial charge in [-0.2, -0.15) is 0 Å². The molecule has 0 N–H and O–H groups in total. The van der Waals surface area contributed by atoms with E-state index in [-0.39, 0.29) is 4.90 Å². The summed E-state index contributed by atoms with van der Waals surface area (Å²) in [6, 6.07) is 10.1. The monoisotopic (exact) mass is 253 g/mol. The van der Waals surface area contributed by atoms with Gasteiger partial charge in [0.2, 0.25) is 0 Å². The average molecular weight is 254 g/mol. The van der Waals surface area contributed by atoms with Crippen LogP contribution in [0.15, 0.2) is 53.7 Å². The Morgan fingerprint density at radius 1 is 1.06 bits per heavy atom. The highest BCUT2D eigenvalue weighted by molar-refractivity contribution is 8.13. The Labute approximate surface area is 98.1 Å². The highest BCUT2D eigenvalue weighted by Crippen LogP contribution is 2.28. The van der Waals surface area contributed by atoms with Gasteiger partial charge in [-0.05, 0) is 12.1 Å². The summed E-state index contributed by atoms with van der Waals surface area (Å²) in [6.07, 6.45) is 3.22. The van der Waals surface area contributed by atoms with Crippen LogP contribution in [0.2, 0.25) is 0 Å². The minimum Gasteiger partial charge on any atom is -0.264 e. The van der Waals surface area contributed by atoms with Gasteiger partial charge in [0.25, 0.3) is 9.05 Å². The van der Waals surface area contributed by atoms with Crippen molar-refractivity contribution in [3.63, 3.8) is 0 Å². The summed E-state index contributed by atoms with van der Waals surface area (Å²) in [5, 5.41) is 0. The van der Waals surface area contributed by atoms with Gasteiger partial charge in [0.05, 0.1) is 4.90 Å². The predicted molar refractivity (Wildman–Crippen MR) is 62.7 cm³/mol. The smallest absolute Gasteiger partial charge is 0.261 e. The minimum absolute atomic E-state index is 0.102. The third-order valence-corrected chi connectivity index (χ3v) is 3.50. The highest BCUT2D eigenvalue weighted by Gasteiger charge is 2.15. The molecule has 0 radical (unpaired) electrons. The van der Waals surface area contributed by atoms with E-state index in [0.29, 0.717) is 5.56 Å². The number of rotatable bonds is 2. The van der Waals surface area contributed by atoms with Gasteiger partial charge in [0.15, 0.2) is 0 Å². The standard InChI is InChI=1S/C11H8ClNO2S/c12-16(14,15)11-6-2-1-5-10(11)9-4-3-7-13-8-9/h1-8H. The van der Waals surface area contributed by atoms with Crippen molar-refractivity contribution in [2.75, 3.05) is 0 Å². The molecule has 1 aromatic carbocycles. The molecule has 0 aliphatic carbocycles. The molecule has 0 unspecified atom stereocenters. The number of benzene rings is 1. The molecule has 1 heterocycles. The van der Waals surface area contributed by atoms with Gasteiger partial charge in [-0.1, -0.05) is 24.3 Å². The largest absolute Gasteiger partial charge is 0.264 e. The molecular weight excluding hydrogens is 246 g/mol. The fourth-order valence-corrected chi connectivity index (χ4v) is 2.53. The van der Waals surface area contributed by atoms with E-state index in [1.807, 2.05) is 0 Å². The fourth-order valence-electron chi connectivity index (χ4n) is 1.44. The minimum atomic E-state index is -3.74. The van der Waals surface area contributed by atoms with Gasteiger partial charge in [-0.3, -0.25) is 4.98 Å².